The average molecular weight is 336 g/mol. The van der Waals surface area contributed by atoms with Crippen LogP contribution < -0.4 is 14.8 Å². The van der Waals surface area contributed by atoms with Crippen LogP contribution in [0.3, 0.4) is 0 Å². The third kappa shape index (κ3) is 6.48. The average Bonchev–Trinajstić information content (AvgIpc) is 2.61. The third-order valence-electron chi connectivity index (χ3n) is 3.40. The van der Waals surface area contributed by atoms with Crippen LogP contribution in [0.25, 0.3) is 0 Å². The summed E-state index contributed by atoms with van der Waals surface area (Å²) in [5.74, 6) is 0.810. The van der Waals surface area contributed by atoms with Gasteiger partial charge in [0.25, 0.3) is 5.91 Å². The molecule has 24 heavy (non-hydrogen) atoms. The lowest BCUT2D eigenvalue weighted by molar-refractivity contribution is 0.0915. The normalized spacial score (nSPS) is 11.1. The quantitative estimate of drug-likeness (QED) is 0.382. The van der Waals surface area contributed by atoms with Crippen LogP contribution in [-0.4, -0.2) is 38.5 Å². The fourth-order valence-electron chi connectivity index (χ4n) is 1.85. The molecule has 1 amide bonds. The summed E-state index contributed by atoms with van der Waals surface area (Å²) in [5.41, 5.74) is 1.37. The second kappa shape index (κ2) is 11.3. The van der Waals surface area contributed by atoms with Crippen LogP contribution in [0.5, 0.6) is 11.5 Å². The van der Waals surface area contributed by atoms with E-state index < -0.39 is 0 Å². The zero-order chi connectivity index (χ0) is 17.8. The summed E-state index contributed by atoms with van der Waals surface area (Å²) in [4.78, 5) is 17.5. The molecule has 0 spiro atoms. The predicted octanol–water partition coefficient (Wildman–Crippen LogP) is 3.41. The zero-order valence-corrected chi connectivity index (χ0v) is 15.1. The van der Waals surface area contributed by atoms with E-state index in [1.54, 1.807) is 25.3 Å². The summed E-state index contributed by atoms with van der Waals surface area (Å²) in [6.07, 6.45) is 2.78. The molecule has 1 N–H and O–H groups in total. The van der Waals surface area contributed by atoms with Crippen molar-refractivity contribution in [2.45, 2.75) is 40.0 Å². The fraction of sp³-hybridized carbons (Fsp3) is 0.556. The molecule has 0 aliphatic rings. The minimum atomic E-state index is -0.222. The maximum atomic E-state index is 12.4. The first-order valence-electron chi connectivity index (χ1n) is 8.37. The van der Waals surface area contributed by atoms with Crippen LogP contribution in [0.2, 0.25) is 0 Å². The number of nitrogens with one attached hydrogen (secondary N) is 1. The molecule has 6 nitrogen and oxygen atoms in total. The van der Waals surface area contributed by atoms with Crippen molar-refractivity contribution in [3.05, 3.63) is 23.8 Å². The van der Waals surface area contributed by atoms with E-state index >= 15 is 0 Å². The van der Waals surface area contributed by atoms with Crippen LogP contribution in [0, 0.1) is 0 Å². The first kappa shape index (κ1) is 19.8. The molecule has 0 heterocycles. The summed E-state index contributed by atoms with van der Waals surface area (Å²) in [6.45, 7) is 7.22. The Labute approximate surface area is 144 Å². The van der Waals surface area contributed by atoms with E-state index in [1.165, 1.54) is 0 Å². The number of unbranched alkanes of at least 4 members (excludes halogenated alkanes) is 1. The van der Waals surface area contributed by atoms with E-state index in [1.807, 2.05) is 13.8 Å². The molecule has 0 saturated carbocycles. The van der Waals surface area contributed by atoms with Crippen molar-refractivity contribution in [3.63, 3.8) is 0 Å². The number of para-hydroxylation sites is 1. The minimum absolute atomic E-state index is 0.222. The monoisotopic (exact) mass is 336 g/mol. The SMILES string of the molecule is CCCCOc1c(OC)cccc1C(=O)NCCO/N=C(\C)CC. The van der Waals surface area contributed by atoms with Crippen molar-refractivity contribution >= 4 is 11.6 Å². The fourth-order valence-corrected chi connectivity index (χ4v) is 1.85. The van der Waals surface area contributed by atoms with Gasteiger partial charge >= 0.3 is 0 Å². The summed E-state index contributed by atoms with van der Waals surface area (Å²) in [6, 6.07) is 5.27. The smallest absolute Gasteiger partial charge is 0.255 e. The van der Waals surface area contributed by atoms with Gasteiger partial charge in [-0.15, -0.1) is 0 Å². The lowest BCUT2D eigenvalue weighted by Gasteiger charge is -2.14. The molecule has 1 rings (SSSR count). The van der Waals surface area contributed by atoms with Gasteiger partial charge in [0.1, 0.15) is 6.61 Å². The standard InChI is InChI=1S/C18H28N2O4/c1-5-7-12-23-17-15(9-8-10-16(17)22-4)18(21)19-11-13-24-20-14(3)6-2/h8-10H,5-7,11-13H2,1-4H3,(H,19,21)/b20-14+. The number of methoxy groups -OCH3 is 1. The topological polar surface area (TPSA) is 69.2 Å². The second-order valence-corrected chi connectivity index (χ2v) is 5.31. The Morgan fingerprint density at radius 3 is 2.71 bits per heavy atom. The lowest BCUT2D eigenvalue weighted by atomic mass is 10.1. The summed E-state index contributed by atoms with van der Waals surface area (Å²) in [5, 5.41) is 6.73. The van der Waals surface area contributed by atoms with Crippen molar-refractivity contribution in [2.75, 3.05) is 26.9 Å². The molecule has 0 radical (unpaired) electrons. The number of hydrogen-bond donors (Lipinski definition) is 1. The van der Waals surface area contributed by atoms with Crippen molar-refractivity contribution in [1.29, 1.82) is 0 Å². The Morgan fingerprint density at radius 1 is 1.25 bits per heavy atom. The number of amides is 1. The van der Waals surface area contributed by atoms with Gasteiger partial charge in [-0.3, -0.25) is 4.79 Å². The van der Waals surface area contributed by atoms with Crippen molar-refractivity contribution in [1.82, 2.24) is 5.32 Å². The molecule has 0 aliphatic carbocycles. The largest absolute Gasteiger partial charge is 0.493 e. The first-order chi connectivity index (χ1) is 11.6. The summed E-state index contributed by atoms with van der Waals surface area (Å²) >= 11 is 0. The molecule has 0 bridgehead atoms. The van der Waals surface area contributed by atoms with Gasteiger partial charge < -0.3 is 19.6 Å². The van der Waals surface area contributed by atoms with Crippen LogP contribution in [-0.2, 0) is 4.84 Å². The number of hydrogen-bond acceptors (Lipinski definition) is 5. The Bertz CT molecular complexity index is 544. The van der Waals surface area contributed by atoms with Gasteiger partial charge in [0.05, 0.1) is 31.5 Å². The molecule has 0 unspecified atom stereocenters. The van der Waals surface area contributed by atoms with Gasteiger partial charge in [0.15, 0.2) is 11.5 Å². The van der Waals surface area contributed by atoms with Gasteiger partial charge in [-0.1, -0.05) is 31.5 Å². The molecular weight excluding hydrogens is 308 g/mol. The molecule has 0 aliphatic heterocycles. The molecule has 134 valence electrons. The Kier molecular flexibility index (Phi) is 9.34. The Morgan fingerprint density at radius 2 is 2.04 bits per heavy atom. The molecule has 1 aromatic rings. The number of carbonyl (C=O) groups is 1. The maximum absolute atomic E-state index is 12.4. The van der Waals surface area contributed by atoms with E-state index in [9.17, 15) is 4.79 Å². The van der Waals surface area contributed by atoms with Crippen LogP contribution >= 0.6 is 0 Å². The van der Waals surface area contributed by atoms with E-state index in [2.05, 4.69) is 17.4 Å². The molecule has 0 saturated heterocycles. The van der Waals surface area contributed by atoms with Crippen molar-refractivity contribution < 1.29 is 19.1 Å². The number of carbonyl (C=O) groups excluding carboxylic acids is 1. The number of rotatable bonds is 11. The van der Waals surface area contributed by atoms with Crippen molar-refractivity contribution in [2.24, 2.45) is 5.16 Å². The minimum Gasteiger partial charge on any atom is -0.493 e. The highest BCUT2D eigenvalue weighted by atomic mass is 16.6. The number of benzene rings is 1. The molecular formula is C18H28N2O4. The molecule has 6 heteroatoms. The Balaban J connectivity index is 2.65. The third-order valence-corrected chi connectivity index (χ3v) is 3.40. The maximum Gasteiger partial charge on any atom is 0.255 e. The lowest BCUT2D eigenvalue weighted by Crippen LogP contribution is -2.27. The number of ether oxygens (including phenoxy) is 2. The van der Waals surface area contributed by atoms with E-state index in [0.29, 0.717) is 36.8 Å². The first-order valence-corrected chi connectivity index (χ1v) is 8.37. The van der Waals surface area contributed by atoms with Gasteiger partial charge in [-0.25, -0.2) is 0 Å². The highest BCUT2D eigenvalue weighted by molar-refractivity contribution is 5.97. The zero-order valence-electron chi connectivity index (χ0n) is 15.1. The predicted molar refractivity (Wildman–Crippen MR) is 95.1 cm³/mol. The molecule has 0 aromatic heterocycles. The van der Waals surface area contributed by atoms with E-state index in [-0.39, 0.29) is 5.91 Å². The highest BCUT2D eigenvalue weighted by Gasteiger charge is 2.16. The van der Waals surface area contributed by atoms with E-state index in [4.69, 9.17) is 14.3 Å². The number of oxime groups is 1. The van der Waals surface area contributed by atoms with Gasteiger partial charge in [-0.05, 0) is 31.9 Å². The van der Waals surface area contributed by atoms with Crippen LogP contribution in [0.15, 0.2) is 23.4 Å². The molecule has 0 atom stereocenters. The van der Waals surface area contributed by atoms with Gasteiger partial charge in [0, 0.05) is 0 Å². The number of nitrogens with zero attached hydrogens (tertiary/aromatic N) is 1. The van der Waals surface area contributed by atoms with Crippen molar-refractivity contribution in [3.8, 4) is 11.5 Å². The van der Waals surface area contributed by atoms with E-state index in [0.717, 1.165) is 25.0 Å². The second-order valence-electron chi connectivity index (χ2n) is 5.31. The highest BCUT2D eigenvalue weighted by Crippen LogP contribution is 2.31. The molecule has 1 aromatic carbocycles. The summed E-state index contributed by atoms with van der Waals surface area (Å²) in [7, 11) is 1.56. The van der Waals surface area contributed by atoms with Crippen LogP contribution in [0.4, 0.5) is 0 Å². The van der Waals surface area contributed by atoms with Gasteiger partial charge in [-0.2, -0.15) is 0 Å². The summed E-state index contributed by atoms with van der Waals surface area (Å²) < 4.78 is 11.1. The molecule has 0 fully saturated rings. The Hall–Kier alpha value is -2.24. The van der Waals surface area contributed by atoms with Crippen LogP contribution in [0.1, 0.15) is 50.4 Å². The van der Waals surface area contributed by atoms with Gasteiger partial charge in [0.2, 0.25) is 0 Å².